The van der Waals surface area contributed by atoms with Gasteiger partial charge in [0.15, 0.2) is 0 Å². The van der Waals surface area contributed by atoms with Crippen LogP contribution in [0.4, 0.5) is 16.2 Å². The molecule has 3 amide bonds. The number of rotatable bonds is 2. The number of anilines is 2. The quantitative estimate of drug-likeness (QED) is 0.638. The van der Waals surface area contributed by atoms with Crippen molar-refractivity contribution >= 4 is 46.5 Å². The van der Waals surface area contributed by atoms with Crippen molar-refractivity contribution in [1.29, 1.82) is 0 Å². The monoisotopic (exact) mass is 390 g/mol. The third kappa shape index (κ3) is 4.37. The number of amides is 3. The van der Waals surface area contributed by atoms with Crippen LogP contribution < -0.4 is 9.80 Å². The largest absolute Gasteiger partial charge is 0.335 e. The number of carbonyl (C=O) groups excluding carboxylic acids is 2. The number of nitrogens with zero attached hydrogens (tertiary/aromatic N) is 2. The summed E-state index contributed by atoms with van der Waals surface area (Å²) >= 11 is 11.9. The Morgan fingerprint density at radius 3 is 1.85 bits per heavy atom. The molecule has 0 saturated carbocycles. The topological polar surface area (TPSA) is 40.6 Å². The summed E-state index contributed by atoms with van der Waals surface area (Å²) in [5.74, 6) is -0.196. The second-order valence-corrected chi connectivity index (χ2v) is 7.15. The molecule has 1 aliphatic heterocycles. The highest BCUT2D eigenvalue weighted by atomic mass is 35.5. The van der Waals surface area contributed by atoms with Crippen LogP contribution in [0.5, 0.6) is 0 Å². The van der Waals surface area contributed by atoms with Gasteiger partial charge in [-0.05, 0) is 61.4 Å². The van der Waals surface area contributed by atoms with Crippen molar-refractivity contribution in [3.8, 4) is 0 Å². The number of urea groups is 1. The predicted molar refractivity (Wildman–Crippen MR) is 106 cm³/mol. The van der Waals surface area contributed by atoms with E-state index in [9.17, 15) is 9.59 Å². The van der Waals surface area contributed by atoms with Gasteiger partial charge in [-0.15, -0.1) is 0 Å². The number of hydrogen-bond acceptors (Lipinski definition) is 2. The van der Waals surface area contributed by atoms with Crippen LogP contribution in [0, 0.1) is 0 Å². The van der Waals surface area contributed by atoms with Gasteiger partial charge in [-0.2, -0.15) is 0 Å². The van der Waals surface area contributed by atoms with Crippen molar-refractivity contribution in [2.45, 2.75) is 32.1 Å². The van der Waals surface area contributed by atoms with Crippen molar-refractivity contribution in [1.82, 2.24) is 0 Å². The molecule has 1 fully saturated rings. The maximum absolute atomic E-state index is 13.3. The first kappa shape index (κ1) is 18.7. The highest BCUT2D eigenvalue weighted by Crippen LogP contribution is 2.26. The number of benzene rings is 2. The summed E-state index contributed by atoms with van der Waals surface area (Å²) in [7, 11) is 0. The average molecular weight is 391 g/mol. The molecule has 1 saturated heterocycles. The van der Waals surface area contributed by atoms with E-state index >= 15 is 0 Å². The molecule has 0 aliphatic carbocycles. The Morgan fingerprint density at radius 1 is 0.692 bits per heavy atom. The van der Waals surface area contributed by atoms with Gasteiger partial charge >= 0.3 is 6.03 Å². The van der Waals surface area contributed by atoms with Crippen LogP contribution in [-0.4, -0.2) is 18.5 Å². The zero-order chi connectivity index (χ0) is 18.5. The van der Waals surface area contributed by atoms with Crippen LogP contribution >= 0.6 is 23.2 Å². The molecule has 2 aromatic rings. The number of hydrogen-bond donors (Lipinski definition) is 0. The zero-order valence-corrected chi connectivity index (χ0v) is 15.8. The molecule has 26 heavy (non-hydrogen) atoms. The van der Waals surface area contributed by atoms with E-state index < -0.39 is 0 Å². The van der Waals surface area contributed by atoms with Crippen molar-refractivity contribution in [2.24, 2.45) is 0 Å². The SMILES string of the molecule is O=C1CCCCCCN(c2ccc(Cl)cc2)C(=O)N1c1ccc(Cl)cc1. The Hall–Kier alpha value is -2.04. The Morgan fingerprint density at radius 2 is 1.23 bits per heavy atom. The molecule has 0 atom stereocenters. The molecule has 0 aromatic heterocycles. The third-order valence-electron chi connectivity index (χ3n) is 4.42. The van der Waals surface area contributed by atoms with Crippen LogP contribution in [0.2, 0.25) is 10.0 Å². The summed E-state index contributed by atoms with van der Waals surface area (Å²) in [6, 6.07) is 13.5. The molecule has 0 radical (unpaired) electrons. The van der Waals surface area contributed by atoms with E-state index in [0.29, 0.717) is 28.7 Å². The number of carbonyl (C=O) groups is 2. The Balaban J connectivity index is 1.99. The molecular formula is C20H20Cl2N2O2. The molecule has 3 rings (SSSR count). The Labute approximate surface area is 163 Å². The minimum atomic E-state index is -0.346. The molecule has 4 nitrogen and oxygen atoms in total. The fraction of sp³-hybridized carbons (Fsp3) is 0.300. The van der Waals surface area contributed by atoms with Gasteiger partial charge in [0.25, 0.3) is 0 Å². The molecule has 0 spiro atoms. The second-order valence-electron chi connectivity index (χ2n) is 6.28. The van der Waals surface area contributed by atoms with Gasteiger partial charge in [0, 0.05) is 28.7 Å². The van der Waals surface area contributed by atoms with E-state index in [1.807, 2.05) is 0 Å². The van der Waals surface area contributed by atoms with Crippen molar-refractivity contribution in [2.75, 3.05) is 16.3 Å². The van der Waals surface area contributed by atoms with E-state index in [0.717, 1.165) is 31.4 Å². The van der Waals surface area contributed by atoms with Crippen LogP contribution in [0.25, 0.3) is 0 Å². The van der Waals surface area contributed by atoms with Crippen molar-refractivity contribution in [3.05, 3.63) is 58.6 Å². The summed E-state index contributed by atoms with van der Waals surface area (Å²) in [6.45, 7) is 0.553. The van der Waals surface area contributed by atoms with E-state index in [1.54, 1.807) is 53.4 Å². The first-order valence-electron chi connectivity index (χ1n) is 8.72. The molecule has 0 N–H and O–H groups in total. The maximum Gasteiger partial charge on any atom is 0.335 e. The van der Waals surface area contributed by atoms with Gasteiger partial charge in [-0.25, -0.2) is 9.69 Å². The van der Waals surface area contributed by atoms with Crippen LogP contribution in [0.1, 0.15) is 32.1 Å². The first-order valence-corrected chi connectivity index (χ1v) is 9.47. The standard InChI is InChI=1S/C20H20Cl2N2O2/c21-15-6-10-17(11-7-15)23-14-4-2-1-3-5-19(25)24(20(23)26)18-12-8-16(22)9-13-18/h6-13H,1-5,14H2. The van der Waals surface area contributed by atoms with Gasteiger partial charge in [-0.1, -0.05) is 36.0 Å². The Kier molecular flexibility index (Phi) is 6.17. The molecule has 6 heteroatoms. The highest BCUT2D eigenvalue weighted by molar-refractivity contribution is 6.31. The lowest BCUT2D eigenvalue weighted by Gasteiger charge is -2.30. The van der Waals surface area contributed by atoms with Crippen molar-refractivity contribution < 1.29 is 9.59 Å². The zero-order valence-electron chi connectivity index (χ0n) is 14.3. The smallest absolute Gasteiger partial charge is 0.294 e. The molecule has 0 bridgehead atoms. The van der Waals surface area contributed by atoms with Crippen molar-refractivity contribution in [3.63, 3.8) is 0 Å². The summed E-state index contributed by atoms with van der Waals surface area (Å²) in [5.41, 5.74) is 1.26. The van der Waals surface area contributed by atoms with Crippen LogP contribution in [-0.2, 0) is 4.79 Å². The maximum atomic E-state index is 13.3. The molecule has 136 valence electrons. The van der Waals surface area contributed by atoms with Gasteiger partial charge in [0.1, 0.15) is 0 Å². The summed E-state index contributed by atoms with van der Waals surface area (Å²) in [5, 5.41) is 1.16. The van der Waals surface area contributed by atoms with Gasteiger partial charge < -0.3 is 0 Å². The normalized spacial score (nSPS) is 16.7. The van der Waals surface area contributed by atoms with Gasteiger partial charge in [0.05, 0.1) is 5.69 Å². The highest BCUT2D eigenvalue weighted by Gasteiger charge is 2.29. The molecule has 1 aliphatic rings. The van der Waals surface area contributed by atoms with E-state index in [2.05, 4.69) is 0 Å². The third-order valence-corrected chi connectivity index (χ3v) is 4.92. The van der Waals surface area contributed by atoms with Gasteiger partial charge in [-0.3, -0.25) is 9.69 Å². The molecule has 1 heterocycles. The average Bonchev–Trinajstić information content (AvgIpc) is 2.63. The summed E-state index contributed by atoms with van der Waals surface area (Å²) in [4.78, 5) is 29.0. The predicted octanol–water partition coefficient (Wildman–Crippen LogP) is 5.92. The Bertz CT molecular complexity index is 775. The molecule has 0 unspecified atom stereocenters. The lowest BCUT2D eigenvalue weighted by atomic mass is 10.1. The lowest BCUT2D eigenvalue weighted by molar-refractivity contribution is -0.118. The first-order chi connectivity index (χ1) is 12.6. The van der Waals surface area contributed by atoms with E-state index in [-0.39, 0.29) is 11.9 Å². The lowest BCUT2D eigenvalue weighted by Crippen LogP contribution is -2.47. The number of halogens is 2. The van der Waals surface area contributed by atoms with Crippen LogP contribution in [0.15, 0.2) is 48.5 Å². The minimum absolute atomic E-state index is 0.196. The molecule has 2 aromatic carbocycles. The van der Waals surface area contributed by atoms with E-state index in [4.69, 9.17) is 23.2 Å². The summed E-state index contributed by atoms with van der Waals surface area (Å²) in [6.07, 6.45) is 3.99. The van der Waals surface area contributed by atoms with Crippen LogP contribution in [0.3, 0.4) is 0 Å². The second kappa shape index (κ2) is 8.56. The summed E-state index contributed by atoms with van der Waals surface area (Å²) < 4.78 is 0. The fourth-order valence-electron chi connectivity index (χ4n) is 3.04. The van der Waals surface area contributed by atoms with E-state index in [1.165, 1.54) is 4.90 Å². The fourth-order valence-corrected chi connectivity index (χ4v) is 3.29. The van der Waals surface area contributed by atoms with Gasteiger partial charge in [0.2, 0.25) is 5.91 Å². The minimum Gasteiger partial charge on any atom is -0.294 e. The number of imide groups is 1. The molecular weight excluding hydrogens is 371 g/mol.